The van der Waals surface area contributed by atoms with Gasteiger partial charge in [0.05, 0.1) is 39.1 Å². The van der Waals surface area contributed by atoms with Crippen LogP contribution >= 0.6 is 0 Å². The summed E-state index contributed by atoms with van der Waals surface area (Å²) in [5, 5.41) is 0. The van der Waals surface area contributed by atoms with Crippen molar-refractivity contribution in [1.29, 1.82) is 0 Å². The molecule has 0 aliphatic heterocycles. The molecule has 0 bridgehead atoms. The van der Waals surface area contributed by atoms with Crippen molar-refractivity contribution in [2.24, 2.45) is 0 Å². The monoisotopic (exact) mass is 414 g/mol. The van der Waals surface area contributed by atoms with Crippen LogP contribution in [0, 0.1) is 0 Å². The fraction of sp³-hybridized carbons (Fsp3) is 0.227. The molecule has 0 aliphatic carbocycles. The highest BCUT2D eigenvalue weighted by molar-refractivity contribution is 5.96. The van der Waals surface area contributed by atoms with Crippen LogP contribution in [0.5, 0.6) is 17.2 Å². The van der Waals surface area contributed by atoms with E-state index in [1.54, 1.807) is 18.2 Å². The fourth-order valence-corrected chi connectivity index (χ4v) is 2.51. The predicted molar refractivity (Wildman–Crippen MR) is 108 cm³/mol. The molecule has 0 atom stereocenters. The number of hydrogen-bond donors (Lipinski definition) is 0. The van der Waals surface area contributed by atoms with Crippen LogP contribution in [0.2, 0.25) is 0 Å². The first-order chi connectivity index (χ1) is 14.4. The average molecular weight is 414 g/mol. The molecule has 0 radical (unpaired) electrons. The van der Waals surface area contributed by atoms with Gasteiger partial charge in [-0.05, 0) is 48.9 Å². The lowest BCUT2D eigenvalue weighted by molar-refractivity contribution is -0.128. The van der Waals surface area contributed by atoms with Crippen molar-refractivity contribution >= 4 is 24.0 Å². The van der Waals surface area contributed by atoms with E-state index >= 15 is 0 Å². The van der Waals surface area contributed by atoms with E-state index < -0.39 is 17.9 Å². The minimum atomic E-state index is -0.707. The van der Waals surface area contributed by atoms with Gasteiger partial charge in [-0.25, -0.2) is 14.4 Å². The van der Waals surface area contributed by atoms with Crippen LogP contribution in [0.3, 0.4) is 0 Å². The van der Waals surface area contributed by atoms with Gasteiger partial charge in [0.2, 0.25) is 0 Å². The summed E-state index contributed by atoms with van der Waals surface area (Å²) in [5.41, 5.74) is 0.780. The van der Waals surface area contributed by atoms with Crippen molar-refractivity contribution in [3.05, 3.63) is 59.2 Å². The molecule has 0 saturated carbocycles. The van der Waals surface area contributed by atoms with E-state index in [0.29, 0.717) is 23.7 Å². The van der Waals surface area contributed by atoms with E-state index in [1.165, 1.54) is 51.7 Å². The molecule has 0 spiro atoms. The van der Waals surface area contributed by atoms with Crippen molar-refractivity contribution in [2.45, 2.75) is 6.92 Å². The molecule has 0 heterocycles. The predicted octanol–water partition coefficient (Wildman–Crippen LogP) is 3.29. The van der Waals surface area contributed by atoms with E-state index in [2.05, 4.69) is 9.47 Å². The van der Waals surface area contributed by atoms with Gasteiger partial charge in [-0.1, -0.05) is 6.07 Å². The van der Waals surface area contributed by atoms with E-state index in [0.717, 1.165) is 0 Å². The zero-order valence-electron chi connectivity index (χ0n) is 17.1. The van der Waals surface area contributed by atoms with Gasteiger partial charge in [-0.2, -0.15) is 0 Å². The number of esters is 3. The number of carbonyl (C=O) groups excluding carboxylic acids is 3. The molecule has 0 aromatic heterocycles. The Morgan fingerprint density at radius 3 is 2.03 bits per heavy atom. The van der Waals surface area contributed by atoms with Gasteiger partial charge < -0.3 is 23.7 Å². The van der Waals surface area contributed by atoms with Crippen LogP contribution in [-0.2, 0) is 14.3 Å². The first-order valence-electron chi connectivity index (χ1n) is 8.94. The van der Waals surface area contributed by atoms with Crippen molar-refractivity contribution in [2.75, 3.05) is 27.9 Å². The van der Waals surface area contributed by atoms with Crippen LogP contribution in [-0.4, -0.2) is 45.8 Å². The summed E-state index contributed by atoms with van der Waals surface area (Å²) < 4.78 is 25.3. The molecule has 8 nitrogen and oxygen atoms in total. The summed E-state index contributed by atoms with van der Waals surface area (Å²) in [6.07, 6.45) is 2.75. The van der Waals surface area contributed by atoms with Crippen molar-refractivity contribution in [1.82, 2.24) is 0 Å². The standard InChI is InChI=1S/C22H22O8/c1-5-29-19-10-14(6-8-18(19)26-2)7-9-20(23)30-17-12-15(21(24)27-3)11-16(13-17)22(25)28-4/h6-13H,5H2,1-4H3/b9-7+. The maximum absolute atomic E-state index is 12.2. The van der Waals surface area contributed by atoms with Gasteiger partial charge in [-0.15, -0.1) is 0 Å². The Labute approximate surface area is 174 Å². The lowest BCUT2D eigenvalue weighted by Crippen LogP contribution is -2.09. The minimum Gasteiger partial charge on any atom is -0.493 e. The highest BCUT2D eigenvalue weighted by Gasteiger charge is 2.15. The normalized spacial score (nSPS) is 10.4. The summed E-state index contributed by atoms with van der Waals surface area (Å²) >= 11 is 0. The molecule has 0 aliphatic rings. The van der Waals surface area contributed by atoms with Crippen molar-refractivity contribution in [3.63, 3.8) is 0 Å². The highest BCUT2D eigenvalue weighted by Crippen LogP contribution is 2.28. The van der Waals surface area contributed by atoms with Gasteiger partial charge >= 0.3 is 17.9 Å². The molecule has 158 valence electrons. The smallest absolute Gasteiger partial charge is 0.338 e. The number of carbonyl (C=O) groups is 3. The van der Waals surface area contributed by atoms with Crippen LogP contribution in [0.25, 0.3) is 6.08 Å². The van der Waals surface area contributed by atoms with Crippen molar-refractivity contribution in [3.8, 4) is 17.2 Å². The molecule has 2 aromatic rings. The van der Waals surface area contributed by atoms with E-state index in [4.69, 9.17) is 14.2 Å². The lowest BCUT2D eigenvalue weighted by atomic mass is 10.1. The summed E-state index contributed by atoms with van der Waals surface area (Å²) in [6.45, 7) is 2.31. The molecular weight excluding hydrogens is 392 g/mol. The lowest BCUT2D eigenvalue weighted by Gasteiger charge is -2.09. The largest absolute Gasteiger partial charge is 0.493 e. The van der Waals surface area contributed by atoms with Crippen LogP contribution in [0.1, 0.15) is 33.2 Å². The molecule has 2 aromatic carbocycles. The Morgan fingerprint density at radius 2 is 1.50 bits per heavy atom. The first-order valence-corrected chi connectivity index (χ1v) is 8.94. The van der Waals surface area contributed by atoms with Gasteiger partial charge in [0, 0.05) is 6.08 Å². The van der Waals surface area contributed by atoms with Gasteiger partial charge in [0.15, 0.2) is 11.5 Å². The van der Waals surface area contributed by atoms with Crippen molar-refractivity contribution < 1.29 is 38.1 Å². The number of methoxy groups -OCH3 is 3. The summed E-state index contributed by atoms with van der Waals surface area (Å²) in [7, 11) is 3.94. The second kappa shape index (κ2) is 10.7. The molecule has 0 saturated heterocycles. The topological polar surface area (TPSA) is 97.4 Å². The molecule has 8 heteroatoms. The SMILES string of the molecule is CCOc1cc(/C=C/C(=O)Oc2cc(C(=O)OC)cc(C(=O)OC)c2)ccc1OC. The Morgan fingerprint density at radius 1 is 0.867 bits per heavy atom. The van der Waals surface area contributed by atoms with Gasteiger partial charge in [0.25, 0.3) is 0 Å². The average Bonchev–Trinajstić information content (AvgIpc) is 2.76. The van der Waals surface area contributed by atoms with Crippen LogP contribution < -0.4 is 14.2 Å². The third kappa shape index (κ3) is 5.84. The first kappa shape index (κ1) is 22.5. The van der Waals surface area contributed by atoms with Gasteiger partial charge in [-0.3, -0.25) is 0 Å². The van der Waals surface area contributed by atoms with E-state index in [1.807, 2.05) is 6.92 Å². The van der Waals surface area contributed by atoms with Crippen LogP contribution in [0.4, 0.5) is 0 Å². The quantitative estimate of drug-likeness (QED) is 0.369. The third-order valence-electron chi connectivity index (χ3n) is 3.87. The summed E-state index contributed by atoms with van der Waals surface area (Å²) in [6, 6.07) is 9.07. The number of rotatable bonds is 8. The Kier molecular flexibility index (Phi) is 7.99. The molecule has 30 heavy (non-hydrogen) atoms. The molecule has 0 amide bonds. The number of ether oxygens (including phenoxy) is 5. The Bertz CT molecular complexity index is 927. The zero-order chi connectivity index (χ0) is 22.1. The second-order valence-corrected chi connectivity index (χ2v) is 5.83. The summed E-state index contributed by atoms with van der Waals surface area (Å²) in [4.78, 5) is 35.8. The number of benzene rings is 2. The summed E-state index contributed by atoms with van der Waals surface area (Å²) in [5.74, 6) is -0.958. The zero-order valence-corrected chi connectivity index (χ0v) is 17.1. The van der Waals surface area contributed by atoms with Crippen LogP contribution in [0.15, 0.2) is 42.5 Å². The Hall–Kier alpha value is -3.81. The molecule has 2 rings (SSSR count). The van der Waals surface area contributed by atoms with Gasteiger partial charge in [0.1, 0.15) is 5.75 Å². The fourth-order valence-electron chi connectivity index (χ4n) is 2.51. The Balaban J connectivity index is 2.22. The number of hydrogen-bond acceptors (Lipinski definition) is 8. The maximum atomic E-state index is 12.2. The molecular formula is C22H22O8. The molecule has 0 unspecified atom stereocenters. The third-order valence-corrected chi connectivity index (χ3v) is 3.87. The van der Waals surface area contributed by atoms with E-state index in [9.17, 15) is 14.4 Å². The highest BCUT2D eigenvalue weighted by atomic mass is 16.5. The van der Waals surface area contributed by atoms with E-state index in [-0.39, 0.29) is 16.9 Å². The molecule has 0 N–H and O–H groups in total. The minimum absolute atomic E-state index is 0.00214. The maximum Gasteiger partial charge on any atom is 0.338 e. The molecule has 0 fully saturated rings. The second-order valence-electron chi connectivity index (χ2n) is 5.83.